The van der Waals surface area contributed by atoms with Crippen molar-refractivity contribution < 1.29 is 18.7 Å². The van der Waals surface area contributed by atoms with E-state index in [1.54, 1.807) is 4.68 Å². The Morgan fingerprint density at radius 2 is 2.21 bits per heavy atom. The number of carbonyl (C=O) groups is 1. The molecular weight excluding hydrogens is 436 g/mol. The van der Waals surface area contributed by atoms with Gasteiger partial charge in [-0.25, -0.2) is 18.6 Å². The van der Waals surface area contributed by atoms with E-state index in [0.29, 0.717) is 30.6 Å². The van der Waals surface area contributed by atoms with Gasteiger partial charge in [0.15, 0.2) is 5.82 Å². The number of hydrogen-bond donors (Lipinski definition) is 2. The summed E-state index contributed by atoms with van der Waals surface area (Å²) < 4.78 is 30.3. The maximum absolute atomic E-state index is 14.6. The van der Waals surface area contributed by atoms with Crippen molar-refractivity contribution in [2.24, 2.45) is 0 Å². The molecule has 7 nitrogen and oxygen atoms in total. The van der Waals surface area contributed by atoms with Gasteiger partial charge in [-0.3, -0.25) is 4.68 Å². The SMILES string of the molecule is CC1Cc2nn3c(c2CN1C(=O)Nc1ccnc(Br)c1F)C(F)=C[C@@H](O)CC3. The Balaban J connectivity index is 1.63. The maximum Gasteiger partial charge on any atom is 0.322 e. The van der Waals surface area contributed by atoms with Crippen LogP contribution in [-0.2, 0) is 19.5 Å². The van der Waals surface area contributed by atoms with E-state index in [-0.39, 0.29) is 22.9 Å². The molecule has 4 heterocycles. The Hall–Kier alpha value is -2.33. The lowest BCUT2D eigenvalue weighted by atomic mass is 9.99. The van der Waals surface area contributed by atoms with Crippen LogP contribution in [0.25, 0.3) is 5.83 Å². The molecule has 2 aromatic rings. The predicted molar refractivity (Wildman–Crippen MR) is 102 cm³/mol. The zero-order valence-corrected chi connectivity index (χ0v) is 16.6. The van der Waals surface area contributed by atoms with E-state index in [0.717, 1.165) is 5.69 Å². The number of halogens is 3. The number of carbonyl (C=O) groups excluding carboxylic acids is 1. The van der Waals surface area contributed by atoms with Crippen molar-refractivity contribution in [3.63, 3.8) is 0 Å². The van der Waals surface area contributed by atoms with E-state index >= 15 is 0 Å². The summed E-state index contributed by atoms with van der Waals surface area (Å²) >= 11 is 2.99. The van der Waals surface area contributed by atoms with Gasteiger partial charge < -0.3 is 15.3 Å². The van der Waals surface area contributed by atoms with E-state index < -0.39 is 23.8 Å². The van der Waals surface area contributed by atoms with E-state index in [1.807, 2.05) is 6.92 Å². The van der Waals surface area contributed by atoms with Gasteiger partial charge in [0.05, 0.1) is 24.0 Å². The Morgan fingerprint density at radius 1 is 1.43 bits per heavy atom. The summed E-state index contributed by atoms with van der Waals surface area (Å²) in [7, 11) is 0. The highest BCUT2D eigenvalue weighted by molar-refractivity contribution is 9.10. The van der Waals surface area contributed by atoms with Crippen molar-refractivity contribution in [1.82, 2.24) is 19.7 Å². The molecule has 10 heteroatoms. The molecule has 28 heavy (non-hydrogen) atoms. The zero-order chi connectivity index (χ0) is 20.0. The number of hydrogen-bond acceptors (Lipinski definition) is 4. The second kappa shape index (κ2) is 7.25. The number of urea groups is 1. The summed E-state index contributed by atoms with van der Waals surface area (Å²) in [4.78, 5) is 18.1. The fraction of sp³-hybridized carbons (Fsp3) is 0.389. The highest BCUT2D eigenvalue weighted by Crippen LogP contribution is 2.33. The number of nitrogens with zero attached hydrogens (tertiary/aromatic N) is 4. The fourth-order valence-electron chi connectivity index (χ4n) is 3.58. The van der Waals surface area contributed by atoms with E-state index in [2.05, 4.69) is 31.3 Å². The van der Waals surface area contributed by atoms with Gasteiger partial charge in [-0.1, -0.05) is 0 Å². The van der Waals surface area contributed by atoms with Crippen LogP contribution in [0.15, 0.2) is 22.9 Å². The van der Waals surface area contributed by atoms with E-state index in [1.165, 1.54) is 23.2 Å². The van der Waals surface area contributed by atoms with Crippen molar-refractivity contribution in [3.8, 4) is 0 Å². The fourth-order valence-corrected chi connectivity index (χ4v) is 3.92. The van der Waals surface area contributed by atoms with Gasteiger partial charge in [0.25, 0.3) is 0 Å². The molecule has 2 aromatic heterocycles. The first-order chi connectivity index (χ1) is 13.3. The molecule has 4 rings (SSSR count). The van der Waals surface area contributed by atoms with Crippen LogP contribution in [0, 0.1) is 5.82 Å². The second-order valence-electron chi connectivity index (χ2n) is 6.94. The number of fused-ring (bicyclic) bond motifs is 3. The average Bonchev–Trinajstić information content (AvgIpc) is 2.93. The van der Waals surface area contributed by atoms with Crippen molar-refractivity contribution >= 4 is 33.5 Å². The maximum atomic E-state index is 14.6. The predicted octanol–water partition coefficient (Wildman–Crippen LogP) is 3.23. The van der Waals surface area contributed by atoms with Crippen LogP contribution in [0.2, 0.25) is 0 Å². The van der Waals surface area contributed by atoms with Crippen LogP contribution in [0.1, 0.15) is 30.3 Å². The minimum absolute atomic E-state index is 0.00648. The third kappa shape index (κ3) is 3.30. The molecule has 0 fully saturated rings. The number of pyridine rings is 1. The Morgan fingerprint density at radius 3 is 3.00 bits per heavy atom. The summed E-state index contributed by atoms with van der Waals surface area (Å²) in [6, 6.07) is 0.680. The summed E-state index contributed by atoms with van der Waals surface area (Å²) in [5.74, 6) is -1.21. The first-order valence-electron chi connectivity index (χ1n) is 8.87. The summed E-state index contributed by atoms with van der Waals surface area (Å²) in [6.07, 6.45) is 2.52. The molecule has 2 amide bonds. The Kier molecular flexibility index (Phi) is 4.92. The average molecular weight is 454 g/mol. The van der Waals surface area contributed by atoms with Gasteiger partial charge in [-0.2, -0.15) is 5.10 Å². The quantitative estimate of drug-likeness (QED) is 0.649. The molecule has 0 aliphatic carbocycles. The number of aliphatic hydroxyl groups is 1. The summed E-state index contributed by atoms with van der Waals surface area (Å²) in [6.45, 7) is 2.40. The molecule has 2 aliphatic rings. The number of nitrogens with one attached hydrogen (secondary N) is 1. The summed E-state index contributed by atoms with van der Waals surface area (Å²) in [5.41, 5.74) is 1.67. The first-order valence-corrected chi connectivity index (χ1v) is 9.66. The minimum atomic E-state index is -0.868. The van der Waals surface area contributed by atoms with Gasteiger partial charge in [0, 0.05) is 30.8 Å². The number of aromatic nitrogens is 3. The van der Waals surface area contributed by atoms with Crippen LogP contribution in [0.5, 0.6) is 0 Å². The number of rotatable bonds is 1. The molecule has 1 unspecified atom stereocenters. The zero-order valence-electron chi connectivity index (χ0n) is 15.0. The van der Waals surface area contributed by atoms with Crippen LogP contribution in [-0.4, -0.2) is 42.9 Å². The molecule has 0 spiro atoms. The molecule has 0 aromatic carbocycles. The largest absolute Gasteiger partial charge is 0.389 e. The van der Waals surface area contributed by atoms with Crippen LogP contribution in [0.4, 0.5) is 19.3 Å². The van der Waals surface area contributed by atoms with Crippen molar-refractivity contribution in [2.75, 3.05) is 5.32 Å². The molecule has 2 N–H and O–H groups in total. The number of aliphatic hydroxyl groups excluding tert-OH is 1. The Bertz CT molecular complexity index is 977. The molecule has 0 bridgehead atoms. The van der Waals surface area contributed by atoms with Crippen molar-refractivity contribution in [2.45, 2.75) is 45.0 Å². The van der Waals surface area contributed by atoms with Crippen LogP contribution >= 0.6 is 15.9 Å². The van der Waals surface area contributed by atoms with Crippen LogP contribution in [0.3, 0.4) is 0 Å². The topological polar surface area (TPSA) is 83.3 Å². The standard InChI is InChI=1S/C18H18BrF2N5O2/c1-9-6-14-11(16-12(20)7-10(27)3-5-26(16)24-14)8-25(9)18(28)23-13-2-4-22-17(19)15(13)21/h2,4,7,9-10,27H,3,5-6,8H2,1H3,(H,22,23,28)/t9?,10-/m0/s1. The molecule has 0 saturated carbocycles. The normalized spacial score (nSPS) is 21.5. The van der Waals surface area contributed by atoms with Gasteiger partial charge in [-0.15, -0.1) is 0 Å². The lowest BCUT2D eigenvalue weighted by Gasteiger charge is -2.33. The lowest BCUT2D eigenvalue weighted by molar-refractivity contribution is 0.181. The number of aryl methyl sites for hydroxylation is 1. The highest BCUT2D eigenvalue weighted by Gasteiger charge is 2.34. The molecule has 0 radical (unpaired) electrons. The second-order valence-corrected chi connectivity index (χ2v) is 7.69. The lowest BCUT2D eigenvalue weighted by Crippen LogP contribution is -2.45. The minimum Gasteiger partial charge on any atom is -0.389 e. The molecular formula is C18H18BrF2N5O2. The third-order valence-electron chi connectivity index (χ3n) is 5.03. The first kappa shape index (κ1) is 19.0. The smallest absolute Gasteiger partial charge is 0.322 e. The number of anilines is 1. The van der Waals surface area contributed by atoms with Gasteiger partial charge in [0.2, 0.25) is 0 Å². The Labute approximate surface area is 168 Å². The monoisotopic (exact) mass is 453 g/mol. The van der Waals surface area contributed by atoms with Gasteiger partial charge in [0.1, 0.15) is 16.1 Å². The number of amides is 2. The molecule has 148 valence electrons. The van der Waals surface area contributed by atoms with Gasteiger partial charge >= 0.3 is 6.03 Å². The highest BCUT2D eigenvalue weighted by atomic mass is 79.9. The van der Waals surface area contributed by atoms with Crippen molar-refractivity contribution in [3.05, 3.63) is 45.7 Å². The molecule has 2 atom stereocenters. The third-order valence-corrected chi connectivity index (χ3v) is 5.59. The van der Waals surface area contributed by atoms with Crippen LogP contribution < -0.4 is 5.32 Å². The summed E-state index contributed by atoms with van der Waals surface area (Å²) in [5, 5.41) is 16.8. The van der Waals surface area contributed by atoms with Gasteiger partial charge in [-0.05, 0) is 41.4 Å². The van der Waals surface area contributed by atoms with Crippen molar-refractivity contribution in [1.29, 1.82) is 0 Å². The van der Waals surface area contributed by atoms with E-state index in [4.69, 9.17) is 0 Å². The van der Waals surface area contributed by atoms with E-state index in [9.17, 15) is 18.7 Å². The molecule has 2 aliphatic heterocycles. The molecule has 0 saturated heterocycles.